The molecule has 0 spiro atoms. The fourth-order valence-corrected chi connectivity index (χ4v) is 4.45. The second-order valence-corrected chi connectivity index (χ2v) is 6.60. The van der Waals surface area contributed by atoms with Crippen LogP contribution in [0.2, 0.25) is 0 Å². The SMILES string of the molecule is C1=c2ccccc2=C2C=c3ccc4cccc5ccc(c3c54)C12. The smallest absolute Gasteiger partial charge is 0.0291 e. The van der Waals surface area contributed by atoms with Crippen LogP contribution in [0.5, 0.6) is 0 Å². The van der Waals surface area contributed by atoms with Crippen molar-refractivity contribution in [2.75, 3.05) is 0 Å². The van der Waals surface area contributed by atoms with Crippen LogP contribution in [0.25, 0.3) is 39.3 Å². The van der Waals surface area contributed by atoms with Crippen LogP contribution in [0.15, 0.2) is 66.7 Å². The maximum Gasteiger partial charge on any atom is 0.0291 e. The van der Waals surface area contributed by atoms with Crippen molar-refractivity contribution < 1.29 is 0 Å². The molecule has 4 aromatic rings. The Morgan fingerprint density at radius 1 is 0.609 bits per heavy atom. The summed E-state index contributed by atoms with van der Waals surface area (Å²) < 4.78 is 0. The van der Waals surface area contributed by atoms with E-state index in [-0.39, 0.29) is 0 Å². The molecule has 2 aliphatic carbocycles. The highest BCUT2D eigenvalue weighted by atomic mass is 14.3. The van der Waals surface area contributed by atoms with Gasteiger partial charge in [-0.15, -0.1) is 0 Å². The highest BCUT2D eigenvalue weighted by Crippen LogP contribution is 2.38. The van der Waals surface area contributed by atoms with Crippen molar-refractivity contribution in [1.29, 1.82) is 0 Å². The van der Waals surface area contributed by atoms with Gasteiger partial charge in [-0.25, -0.2) is 0 Å². The minimum Gasteiger partial charge on any atom is -0.0647 e. The van der Waals surface area contributed by atoms with Gasteiger partial charge >= 0.3 is 0 Å². The van der Waals surface area contributed by atoms with Crippen molar-refractivity contribution in [1.82, 2.24) is 0 Å². The zero-order valence-corrected chi connectivity index (χ0v) is 12.6. The molecule has 0 aliphatic heterocycles. The van der Waals surface area contributed by atoms with Gasteiger partial charge in [-0.1, -0.05) is 72.8 Å². The molecule has 0 amide bonds. The summed E-state index contributed by atoms with van der Waals surface area (Å²) in [6, 6.07) is 24.5. The van der Waals surface area contributed by atoms with Crippen molar-refractivity contribution >= 4 is 39.3 Å². The molecule has 0 nitrogen and oxygen atoms in total. The molecule has 0 saturated heterocycles. The summed E-state index contributed by atoms with van der Waals surface area (Å²) in [7, 11) is 0. The second-order valence-electron chi connectivity index (χ2n) is 6.60. The van der Waals surface area contributed by atoms with Gasteiger partial charge in [0.2, 0.25) is 0 Å². The van der Waals surface area contributed by atoms with Crippen LogP contribution >= 0.6 is 0 Å². The third-order valence-electron chi connectivity index (χ3n) is 5.44. The normalized spacial score (nSPS) is 17.7. The first-order chi connectivity index (χ1) is 11.4. The Balaban J connectivity index is 1.90. The van der Waals surface area contributed by atoms with E-state index in [4.69, 9.17) is 0 Å². The van der Waals surface area contributed by atoms with Gasteiger partial charge in [0.05, 0.1) is 0 Å². The first kappa shape index (κ1) is 11.7. The Morgan fingerprint density at radius 2 is 1.43 bits per heavy atom. The molecular weight excluding hydrogens is 276 g/mol. The average Bonchev–Trinajstić information content (AvgIpc) is 2.98. The van der Waals surface area contributed by atoms with Gasteiger partial charge < -0.3 is 0 Å². The number of hydrogen-bond donors (Lipinski definition) is 0. The van der Waals surface area contributed by atoms with Crippen LogP contribution < -0.4 is 15.7 Å². The highest BCUT2D eigenvalue weighted by molar-refractivity contribution is 6.14. The largest absolute Gasteiger partial charge is 0.0647 e. The zero-order valence-electron chi connectivity index (χ0n) is 12.6. The standard InChI is InChI=1S/C23H14/c1-2-7-18-16(4-1)12-21-19-11-10-15-6-3-5-14-8-9-17(13-20(18)21)23(19)22(14)15/h1-13,21H. The predicted molar refractivity (Wildman–Crippen MR) is 97.4 cm³/mol. The van der Waals surface area contributed by atoms with Gasteiger partial charge in [-0.2, -0.15) is 0 Å². The lowest BCUT2D eigenvalue weighted by molar-refractivity contribution is 1.21. The van der Waals surface area contributed by atoms with Gasteiger partial charge in [-0.05, 0) is 54.4 Å². The average molecular weight is 290 g/mol. The molecule has 106 valence electrons. The molecule has 0 fully saturated rings. The number of benzene rings is 4. The fraction of sp³-hybridized carbons (Fsp3) is 0.0435. The molecule has 6 rings (SSSR count). The van der Waals surface area contributed by atoms with Crippen LogP contribution in [-0.4, -0.2) is 0 Å². The number of rotatable bonds is 0. The van der Waals surface area contributed by atoms with E-state index in [0.717, 1.165) is 0 Å². The lowest BCUT2D eigenvalue weighted by atomic mass is 9.82. The van der Waals surface area contributed by atoms with Gasteiger partial charge in [0.25, 0.3) is 0 Å². The molecule has 4 aromatic carbocycles. The first-order valence-electron chi connectivity index (χ1n) is 8.17. The Bertz CT molecular complexity index is 1290. The van der Waals surface area contributed by atoms with Crippen LogP contribution in [0, 0.1) is 0 Å². The summed E-state index contributed by atoms with van der Waals surface area (Å²) in [5, 5.41) is 9.67. The van der Waals surface area contributed by atoms with E-state index in [0.29, 0.717) is 5.92 Å². The Kier molecular flexibility index (Phi) is 1.98. The Labute approximate surface area is 133 Å². The van der Waals surface area contributed by atoms with E-state index in [9.17, 15) is 0 Å². The molecular formula is C23H14. The first-order valence-corrected chi connectivity index (χ1v) is 8.17. The molecule has 0 bridgehead atoms. The van der Waals surface area contributed by atoms with Crippen molar-refractivity contribution in [3.8, 4) is 0 Å². The van der Waals surface area contributed by atoms with Crippen molar-refractivity contribution in [3.63, 3.8) is 0 Å². The van der Waals surface area contributed by atoms with Crippen LogP contribution in [0.3, 0.4) is 0 Å². The zero-order chi connectivity index (χ0) is 15.0. The predicted octanol–water partition coefficient (Wildman–Crippen LogP) is 3.23. The summed E-state index contributed by atoms with van der Waals surface area (Å²) in [5.74, 6) is 0.398. The minimum absolute atomic E-state index is 0.398. The highest BCUT2D eigenvalue weighted by Gasteiger charge is 2.24. The number of hydrogen-bond acceptors (Lipinski definition) is 0. The summed E-state index contributed by atoms with van der Waals surface area (Å²) in [6.07, 6.45) is 4.83. The maximum atomic E-state index is 2.43. The molecule has 0 N–H and O–H groups in total. The fourth-order valence-electron chi connectivity index (χ4n) is 4.45. The van der Waals surface area contributed by atoms with Crippen molar-refractivity contribution in [3.05, 3.63) is 87.9 Å². The van der Waals surface area contributed by atoms with Crippen molar-refractivity contribution in [2.45, 2.75) is 5.92 Å². The molecule has 1 atom stereocenters. The second kappa shape index (κ2) is 3.91. The van der Waals surface area contributed by atoms with Gasteiger partial charge in [-0.3, -0.25) is 0 Å². The molecule has 23 heavy (non-hydrogen) atoms. The summed E-state index contributed by atoms with van der Waals surface area (Å²) in [6.45, 7) is 0. The van der Waals surface area contributed by atoms with E-state index in [1.165, 1.54) is 48.3 Å². The topological polar surface area (TPSA) is 0 Å². The summed E-state index contributed by atoms with van der Waals surface area (Å²) in [4.78, 5) is 0. The lowest BCUT2D eigenvalue weighted by Crippen LogP contribution is -2.22. The Hall–Kier alpha value is -2.86. The summed E-state index contributed by atoms with van der Waals surface area (Å²) >= 11 is 0. The van der Waals surface area contributed by atoms with E-state index in [1.54, 1.807) is 0 Å². The molecule has 0 saturated carbocycles. The van der Waals surface area contributed by atoms with Gasteiger partial charge in [0.1, 0.15) is 0 Å². The minimum atomic E-state index is 0.398. The van der Waals surface area contributed by atoms with E-state index < -0.39 is 0 Å². The van der Waals surface area contributed by atoms with Crippen molar-refractivity contribution in [2.24, 2.45) is 0 Å². The third kappa shape index (κ3) is 1.37. The summed E-state index contributed by atoms with van der Waals surface area (Å²) in [5.41, 5.74) is 2.91. The molecule has 0 aromatic heterocycles. The molecule has 0 radical (unpaired) electrons. The Morgan fingerprint density at radius 3 is 2.35 bits per heavy atom. The third-order valence-corrected chi connectivity index (χ3v) is 5.44. The van der Waals surface area contributed by atoms with Gasteiger partial charge in [0.15, 0.2) is 0 Å². The molecule has 2 aliphatic rings. The van der Waals surface area contributed by atoms with Crippen LogP contribution in [0.1, 0.15) is 11.5 Å². The monoisotopic (exact) mass is 290 g/mol. The van der Waals surface area contributed by atoms with E-state index in [2.05, 4.69) is 78.9 Å². The van der Waals surface area contributed by atoms with E-state index >= 15 is 0 Å². The molecule has 0 heterocycles. The molecule has 1 unspecified atom stereocenters. The van der Waals surface area contributed by atoms with Crippen LogP contribution in [-0.2, 0) is 0 Å². The maximum absolute atomic E-state index is 2.43. The molecule has 0 heteroatoms. The van der Waals surface area contributed by atoms with E-state index in [1.807, 2.05) is 0 Å². The van der Waals surface area contributed by atoms with Gasteiger partial charge in [0, 0.05) is 5.92 Å². The quantitative estimate of drug-likeness (QED) is 0.466. The van der Waals surface area contributed by atoms with Crippen LogP contribution in [0.4, 0.5) is 0 Å². The number of fused-ring (bicyclic) bond motifs is 3. The lowest BCUT2D eigenvalue weighted by Gasteiger charge is -2.21.